The van der Waals surface area contributed by atoms with Gasteiger partial charge in [-0.25, -0.2) is 9.59 Å². The summed E-state index contributed by atoms with van der Waals surface area (Å²) in [5.74, 6) is 0.483. The Bertz CT molecular complexity index is 801. The smallest absolute Gasteiger partial charge is 0.412 e. The Kier molecular flexibility index (Phi) is 8.35. The van der Waals surface area contributed by atoms with Crippen molar-refractivity contribution >= 4 is 23.8 Å². The van der Waals surface area contributed by atoms with Crippen molar-refractivity contribution in [3.8, 4) is 0 Å². The van der Waals surface area contributed by atoms with Gasteiger partial charge in [-0.3, -0.25) is 10.3 Å². The molecule has 2 rings (SSSR count). The highest BCUT2D eigenvalue weighted by atomic mass is 16.6. The molecule has 1 saturated heterocycles. The SMILES string of the molecule is CC(C)(C)OC(=O)Nc1ccc(CCN=C(N)N2CCN(C(=O)OC(C)(C)C)CC2)cc1. The highest BCUT2D eigenvalue weighted by Gasteiger charge is 2.26. The van der Waals surface area contributed by atoms with E-state index in [2.05, 4.69) is 10.3 Å². The molecule has 0 unspecified atom stereocenters. The maximum absolute atomic E-state index is 12.2. The molecule has 0 aliphatic carbocycles. The number of aliphatic imine (C=N–C) groups is 1. The van der Waals surface area contributed by atoms with E-state index in [1.807, 2.05) is 70.7 Å². The number of carbonyl (C=O) groups excluding carboxylic acids is 2. The third-order valence-corrected chi connectivity index (χ3v) is 4.53. The van der Waals surface area contributed by atoms with Gasteiger partial charge in [0, 0.05) is 38.4 Å². The molecular weight excluding hydrogens is 410 g/mol. The Balaban J connectivity index is 1.76. The highest BCUT2D eigenvalue weighted by molar-refractivity contribution is 5.84. The first kappa shape index (κ1) is 25.3. The van der Waals surface area contributed by atoms with Crippen LogP contribution in [0.2, 0.25) is 0 Å². The van der Waals surface area contributed by atoms with E-state index >= 15 is 0 Å². The van der Waals surface area contributed by atoms with Crippen LogP contribution in [-0.2, 0) is 15.9 Å². The Morgan fingerprint density at radius 2 is 1.47 bits per heavy atom. The predicted octanol–water partition coefficient (Wildman–Crippen LogP) is 3.44. The minimum Gasteiger partial charge on any atom is -0.444 e. The van der Waals surface area contributed by atoms with E-state index in [0.717, 1.165) is 12.0 Å². The minimum absolute atomic E-state index is 0.294. The topological polar surface area (TPSA) is 109 Å². The van der Waals surface area contributed by atoms with Gasteiger partial charge >= 0.3 is 12.2 Å². The molecule has 0 saturated carbocycles. The summed E-state index contributed by atoms with van der Waals surface area (Å²) in [4.78, 5) is 32.1. The summed E-state index contributed by atoms with van der Waals surface area (Å²) in [6.07, 6.45) is -0.0441. The molecule has 0 spiro atoms. The summed E-state index contributed by atoms with van der Waals surface area (Å²) >= 11 is 0. The van der Waals surface area contributed by atoms with Gasteiger partial charge in [0.25, 0.3) is 0 Å². The van der Waals surface area contributed by atoms with Crippen LogP contribution in [0.3, 0.4) is 0 Å². The molecule has 0 atom stereocenters. The molecule has 9 heteroatoms. The van der Waals surface area contributed by atoms with E-state index in [0.29, 0.717) is 44.4 Å². The van der Waals surface area contributed by atoms with Gasteiger partial charge in [0.05, 0.1) is 0 Å². The Labute approximate surface area is 190 Å². The molecule has 2 amide bonds. The molecule has 9 nitrogen and oxygen atoms in total. The van der Waals surface area contributed by atoms with Crippen LogP contribution in [0.1, 0.15) is 47.1 Å². The number of rotatable bonds is 4. The zero-order valence-electron chi connectivity index (χ0n) is 20.1. The standard InChI is InChI=1S/C23H37N5O4/c1-22(2,3)31-20(29)26-18-9-7-17(8-10-18)11-12-25-19(24)27-13-15-28(16-14-27)21(30)32-23(4,5)6/h7-10H,11-16H2,1-6H3,(H2,24,25)(H,26,29). The first-order valence-corrected chi connectivity index (χ1v) is 10.9. The Hall–Kier alpha value is -2.97. The number of guanidine groups is 1. The average molecular weight is 448 g/mol. The van der Waals surface area contributed by atoms with Crippen molar-refractivity contribution in [1.82, 2.24) is 9.80 Å². The first-order chi connectivity index (χ1) is 14.8. The fourth-order valence-corrected chi connectivity index (χ4v) is 3.02. The van der Waals surface area contributed by atoms with Crippen LogP contribution < -0.4 is 11.1 Å². The van der Waals surface area contributed by atoms with Crippen LogP contribution in [0.5, 0.6) is 0 Å². The number of hydrogen-bond donors (Lipinski definition) is 2. The molecule has 1 aliphatic heterocycles. The van der Waals surface area contributed by atoms with Crippen LogP contribution >= 0.6 is 0 Å². The van der Waals surface area contributed by atoms with Crippen molar-refractivity contribution in [2.24, 2.45) is 10.7 Å². The third kappa shape index (κ3) is 9.03. The monoisotopic (exact) mass is 447 g/mol. The summed E-state index contributed by atoms with van der Waals surface area (Å²) in [7, 11) is 0. The van der Waals surface area contributed by atoms with Crippen molar-refractivity contribution in [3.05, 3.63) is 29.8 Å². The van der Waals surface area contributed by atoms with E-state index in [1.54, 1.807) is 4.90 Å². The summed E-state index contributed by atoms with van der Waals surface area (Å²) in [6, 6.07) is 7.56. The molecular formula is C23H37N5O4. The molecule has 3 N–H and O–H groups in total. The van der Waals surface area contributed by atoms with Crippen LogP contribution in [0.15, 0.2) is 29.3 Å². The van der Waals surface area contributed by atoms with Crippen molar-refractivity contribution in [2.45, 2.75) is 59.2 Å². The fraction of sp³-hybridized carbons (Fsp3) is 0.609. The number of nitrogens with two attached hydrogens (primary N) is 1. The van der Waals surface area contributed by atoms with Gasteiger partial charge in [0.15, 0.2) is 5.96 Å². The number of hydrogen-bond acceptors (Lipinski definition) is 5. The quantitative estimate of drug-likeness (QED) is 0.540. The third-order valence-electron chi connectivity index (χ3n) is 4.53. The second-order valence-electron chi connectivity index (χ2n) is 9.77. The molecule has 1 aliphatic rings. The summed E-state index contributed by atoms with van der Waals surface area (Å²) in [5.41, 5.74) is 6.87. The van der Waals surface area contributed by atoms with Crippen molar-refractivity contribution in [1.29, 1.82) is 0 Å². The van der Waals surface area contributed by atoms with E-state index in [-0.39, 0.29) is 6.09 Å². The van der Waals surface area contributed by atoms with E-state index in [1.165, 1.54) is 0 Å². The van der Waals surface area contributed by atoms with E-state index < -0.39 is 17.3 Å². The molecule has 1 fully saturated rings. The molecule has 1 aromatic carbocycles. The van der Waals surface area contributed by atoms with Gasteiger partial charge in [-0.05, 0) is 65.7 Å². The van der Waals surface area contributed by atoms with Gasteiger partial charge < -0.3 is 25.0 Å². The number of nitrogens with zero attached hydrogens (tertiary/aromatic N) is 3. The van der Waals surface area contributed by atoms with Gasteiger partial charge in [-0.15, -0.1) is 0 Å². The first-order valence-electron chi connectivity index (χ1n) is 10.9. The van der Waals surface area contributed by atoms with Gasteiger partial charge in [0.2, 0.25) is 0 Å². The van der Waals surface area contributed by atoms with Crippen LogP contribution in [0.25, 0.3) is 0 Å². The fourth-order valence-electron chi connectivity index (χ4n) is 3.02. The van der Waals surface area contributed by atoms with E-state index in [4.69, 9.17) is 15.2 Å². The molecule has 0 aromatic heterocycles. The number of carbonyl (C=O) groups is 2. The lowest BCUT2D eigenvalue weighted by molar-refractivity contribution is 0.0186. The molecule has 32 heavy (non-hydrogen) atoms. The van der Waals surface area contributed by atoms with Crippen molar-refractivity contribution in [3.63, 3.8) is 0 Å². The lowest BCUT2D eigenvalue weighted by atomic mass is 10.1. The number of benzene rings is 1. The summed E-state index contributed by atoms with van der Waals surface area (Å²) in [6.45, 7) is 13.9. The maximum Gasteiger partial charge on any atom is 0.412 e. The molecule has 178 valence electrons. The Morgan fingerprint density at radius 1 is 0.938 bits per heavy atom. The average Bonchev–Trinajstić information content (AvgIpc) is 2.66. The Morgan fingerprint density at radius 3 is 2.00 bits per heavy atom. The van der Waals surface area contributed by atoms with E-state index in [9.17, 15) is 9.59 Å². The maximum atomic E-state index is 12.2. The molecule has 0 bridgehead atoms. The number of nitrogens with one attached hydrogen (secondary N) is 1. The van der Waals surface area contributed by atoms with Gasteiger partial charge in [-0.2, -0.15) is 0 Å². The van der Waals surface area contributed by atoms with Crippen molar-refractivity contribution in [2.75, 3.05) is 38.0 Å². The number of ether oxygens (including phenoxy) is 2. The summed E-state index contributed by atoms with van der Waals surface area (Å²) in [5, 5.41) is 2.71. The lowest BCUT2D eigenvalue weighted by Crippen LogP contribution is -2.53. The van der Waals surface area contributed by atoms with Crippen LogP contribution in [0, 0.1) is 0 Å². The van der Waals surface area contributed by atoms with Crippen LogP contribution in [-0.4, -0.2) is 71.9 Å². The second kappa shape index (κ2) is 10.6. The van der Waals surface area contributed by atoms with Crippen LogP contribution in [0.4, 0.5) is 15.3 Å². The van der Waals surface area contributed by atoms with Crippen molar-refractivity contribution < 1.29 is 19.1 Å². The number of amides is 2. The summed E-state index contributed by atoms with van der Waals surface area (Å²) < 4.78 is 10.7. The minimum atomic E-state index is -0.537. The highest BCUT2D eigenvalue weighted by Crippen LogP contribution is 2.14. The normalized spacial score (nSPS) is 15.4. The van der Waals surface area contributed by atoms with Gasteiger partial charge in [-0.1, -0.05) is 12.1 Å². The molecule has 0 radical (unpaired) electrons. The zero-order chi connectivity index (χ0) is 23.9. The zero-order valence-corrected chi connectivity index (χ0v) is 20.1. The largest absolute Gasteiger partial charge is 0.444 e. The number of anilines is 1. The lowest BCUT2D eigenvalue weighted by Gasteiger charge is -2.36. The predicted molar refractivity (Wildman–Crippen MR) is 126 cm³/mol. The molecule has 1 aromatic rings. The number of piperazine rings is 1. The molecule has 1 heterocycles. The second-order valence-corrected chi connectivity index (χ2v) is 9.77. The van der Waals surface area contributed by atoms with Gasteiger partial charge in [0.1, 0.15) is 11.2 Å².